The number of rotatable bonds is 3. The van der Waals surface area contributed by atoms with Gasteiger partial charge in [0.05, 0.1) is 0 Å². The molecule has 0 unspecified atom stereocenters. The van der Waals surface area contributed by atoms with E-state index in [2.05, 4.69) is 11.8 Å². The van der Waals surface area contributed by atoms with Gasteiger partial charge in [0.25, 0.3) is 0 Å². The number of nitrogens with zero attached hydrogens (tertiary/aromatic N) is 1. The van der Waals surface area contributed by atoms with Crippen molar-refractivity contribution in [3.8, 4) is 0 Å². The monoisotopic (exact) mass is 158 g/mol. The van der Waals surface area contributed by atoms with Gasteiger partial charge in [-0.25, -0.2) is 0 Å². The van der Waals surface area contributed by atoms with E-state index >= 15 is 0 Å². The molecule has 0 radical (unpaired) electrons. The van der Waals surface area contributed by atoms with Crippen LogP contribution in [0.2, 0.25) is 0 Å². The van der Waals surface area contributed by atoms with Gasteiger partial charge in [0, 0.05) is 13.1 Å². The molecule has 0 atom stereocenters. The van der Waals surface area contributed by atoms with E-state index in [1.54, 1.807) is 0 Å². The molecule has 0 aromatic carbocycles. The van der Waals surface area contributed by atoms with E-state index in [0.29, 0.717) is 5.11 Å². The molecule has 0 bridgehead atoms. The summed E-state index contributed by atoms with van der Waals surface area (Å²) in [5.74, 6) is 0.876. The second kappa shape index (κ2) is 3.19. The lowest BCUT2D eigenvalue weighted by atomic mass is 10.4. The van der Waals surface area contributed by atoms with Crippen LogP contribution in [-0.2, 0) is 0 Å². The standard InChI is InChI=1S/C7H14N2S/c1-2-9(7(8)10)5-6-3-4-6/h6H,2-5H2,1H3,(H2,8,10). The highest BCUT2D eigenvalue weighted by atomic mass is 32.1. The SMILES string of the molecule is CCN(CC1CC1)C(N)=S. The molecule has 1 aliphatic rings. The Kier molecular flexibility index (Phi) is 2.49. The van der Waals surface area contributed by atoms with Crippen molar-refractivity contribution in [1.29, 1.82) is 0 Å². The summed E-state index contributed by atoms with van der Waals surface area (Å²) in [6.45, 7) is 4.11. The van der Waals surface area contributed by atoms with Gasteiger partial charge in [-0.1, -0.05) is 0 Å². The predicted octanol–water partition coefficient (Wildman–Crippen LogP) is 0.962. The van der Waals surface area contributed by atoms with Crippen LogP contribution < -0.4 is 5.73 Å². The summed E-state index contributed by atoms with van der Waals surface area (Å²) < 4.78 is 0. The maximum Gasteiger partial charge on any atom is 0.166 e. The van der Waals surface area contributed by atoms with Crippen LogP contribution in [0.15, 0.2) is 0 Å². The van der Waals surface area contributed by atoms with Crippen molar-refractivity contribution in [2.24, 2.45) is 11.7 Å². The summed E-state index contributed by atoms with van der Waals surface area (Å²) in [6.07, 6.45) is 2.72. The van der Waals surface area contributed by atoms with E-state index in [1.165, 1.54) is 12.8 Å². The fourth-order valence-electron chi connectivity index (χ4n) is 0.987. The highest BCUT2D eigenvalue weighted by Crippen LogP contribution is 2.29. The van der Waals surface area contributed by atoms with Crippen LogP contribution in [0.1, 0.15) is 19.8 Å². The molecule has 0 aromatic rings. The van der Waals surface area contributed by atoms with Gasteiger partial charge >= 0.3 is 0 Å². The third-order valence-corrected chi connectivity index (χ3v) is 2.13. The average Bonchev–Trinajstić information content (AvgIpc) is 2.64. The van der Waals surface area contributed by atoms with E-state index in [4.69, 9.17) is 18.0 Å². The van der Waals surface area contributed by atoms with Crippen LogP contribution >= 0.6 is 12.2 Å². The Balaban J connectivity index is 2.24. The van der Waals surface area contributed by atoms with Gasteiger partial charge < -0.3 is 10.6 Å². The lowest BCUT2D eigenvalue weighted by Crippen LogP contribution is -2.36. The third-order valence-electron chi connectivity index (χ3n) is 1.87. The number of nitrogens with two attached hydrogens (primary N) is 1. The van der Waals surface area contributed by atoms with E-state index in [0.717, 1.165) is 19.0 Å². The second-order valence-corrected chi connectivity index (χ2v) is 3.24. The Morgan fingerprint density at radius 1 is 1.70 bits per heavy atom. The fraction of sp³-hybridized carbons (Fsp3) is 0.857. The minimum absolute atomic E-state index is 0.550. The lowest BCUT2D eigenvalue weighted by Gasteiger charge is -2.19. The molecule has 0 amide bonds. The molecule has 1 rings (SSSR count). The van der Waals surface area contributed by atoms with Crippen molar-refractivity contribution in [2.45, 2.75) is 19.8 Å². The molecule has 0 spiro atoms. The molecular weight excluding hydrogens is 144 g/mol. The molecule has 58 valence electrons. The molecule has 0 saturated heterocycles. The summed E-state index contributed by atoms with van der Waals surface area (Å²) >= 11 is 4.87. The van der Waals surface area contributed by atoms with E-state index in [1.807, 2.05) is 0 Å². The van der Waals surface area contributed by atoms with Crippen molar-refractivity contribution in [1.82, 2.24) is 4.90 Å². The number of hydrogen-bond acceptors (Lipinski definition) is 1. The molecule has 10 heavy (non-hydrogen) atoms. The molecule has 0 aliphatic heterocycles. The van der Waals surface area contributed by atoms with Crippen LogP contribution in [0.3, 0.4) is 0 Å². The van der Waals surface area contributed by atoms with Gasteiger partial charge in [-0.05, 0) is 37.9 Å². The molecule has 0 heterocycles. The summed E-state index contributed by atoms with van der Waals surface area (Å²) in [6, 6.07) is 0. The van der Waals surface area contributed by atoms with Gasteiger partial charge in [-0.2, -0.15) is 0 Å². The van der Waals surface area contributed by atoms with Crippen LogP contribution in [0, 0.1) is 5.92 Å². The first-order valence-electron chi connectivity index (χ1n) is 3.78. The lowest BCUT2D eigenvalue weighted by molar-refractivity contribution is 0.422. The highest BCUT2D eigenvalue weighted by Gasteiger charge is 2.23. The maximum absolute atomic E-state index is 5.48. The van der Waals surface area contributed by atoms with E-state index in [-0.39, 0.29) is 0 Å². The van der Waals surface area contributed by atoms with Crippen LogP contribution in [0.5, 0.6) is 0 Å². The maximum atomic E-state index is 5.48. The summed E-state index contributed by atoms with van der Waals surface area (Å²) in [5, 5.41) is 0.550. The molecule has 2 nitrogen and oxygen atoms in total. The normalized spacial score (nSPS) is 16.9. The zero-order chi connectivity index (χ0) is 7.56. The van der Waals surface area contributed by atoms with Crippen molar-refractivity contribution in [2.75, 3.05) is 13.1 Å². The largest absolute Gasteiger partial charge is 0.376 e. The van der Waals surface area contributed by atoms with Crippen LogP contribution in [0.25, 0.3) is 0 Å². The smallest absolute Gasteiger partial charge is 0.166 e. The second-order valence-electron chi connectivity index (χ2n) is 2.82. The molecule has 1 aliphatic carbocycles. The molecule has 0 aromatic heterocycles. The van der Waals surface area contributed by atoms with E-state index < -0.39 is 0 Å². The minimum atomic E-state index is 0.550. The third kappa shape index (κ3) is 2.14. The van der Waals surface area contributed by atoms with Crippen molar-refractivity contribution < 1.29 is 0 Å². The molecule has 1 fully saturated rings. The van der Waals surface area contributed by atoms with Crippen molar-refractivity contribution >= 4 is 17.3 Å². The zero-order valence-electron chi connectivity index (χ0n) is 6.34. The average molecular weight is 158 g/mol. The Labute approximate surface area is 67.4 Å². The molecule has 1 saturated carbocycles. The number of hydrogen-bond donors (Lipinski definition) is 1. The number of thiocarbonyl (C=S) groups is 1. The quantitative estimate of drug-likeness (QED) is 0.620. The molecule has 2 N–H and O–H groups in total. The summed E-state index contributed by atoms with van der Waals surface area (Å²) in [7, 11) is 0. The Morgan fingerprint density at radius 3 is 2.60 bits per heavy atom. The van der Waals surface area contributed by atoms with Crippen LogP contribution in [0.4, 0.5) is 0 Å². The first kappa shape index (κ1) is 7.79. The van der Waals surface area contributed by atoms with Gasteiger partial charge in [0.15, 0.2) is 5.11 Å². The van der Waals surface area contributed by atoms with Gasteiger partial charge in [0.1, 0.15) is 0 Å². The van der Waals surface area contributed by atoms with Gasteiger partial charge in [0.2, 0.25) is 0 Å². The minimum Gasteiger partial charge on any atom is -0.376 e. The van der Waals surface area contributed by atoms with Gasteiger partial charge in [-0.3, -0.25) is 0 Å². The first-order chi connectivity index (χ1) is 4.74. The van der Waals surface area contributed by atoms with Crippen LogP contribution in [-0.4, -0.2) is 23.1 Å². The summed E-state index contributed by atoms with van der Waals surface area (Å²) in [5.41, 5.74) is 5.48. The van der Waals surface area contributed by atoms with Gasteiger partial charge in [-0.15, -0.1) is 0 Å². The molecular formula is C7H14N2S. The Morgan fingerprint density at radius 2 is 2.30 bits per heavy atom. The zero-order valence-corrected chi connectivity index (χ0v) is 7.16. The predicted molar refractivity (Wildman–Crippen MR) is 46.8 cm³/mol. The highest BCUT2D eigenvalue weighted by molar-refractivity contribution is 7.80. The Hall–Kier alpha value is -0.310. The first-order valence-corrected chi connectivity index (χ1v) is 4.19. The van der Waals surface area contributed by atoms with Crippen molar-refractivity contribution in [3.63, 3.8) is 0 Å². The van der Waals surface area contributed by atoms with E-state index in [9.17, 15) is 0 Å². The summed E-state index contributed by atoms with van der Waals surface area (Å²) in [4.78, 5) is 2.06. The molecule has 3 heteroatoms. The van der Waals surface area contributed by atoms with Crippen molar-refractivity contribution in [3.05, 3.63) is 0 Å². The Bertz CT molecular complexity index is 132. The topological polar surface area (TPSA) is 29.3 Å². The fourth-order valence-corrected chi connectivity index (χ4v) is 1.19.